The Labute approximate surface area is 202 Å². The minimum atomic E-state index is -4.48. The molecule has 2 fully saturated rings. The quantitative estimate of drug-likeness (QED) is 0.413. The van der Waals surface area contributed by atoms with E-state index in [2.05, 4.69) is 40.2 Å². The van der Waals surface area contributed by atoms with E-state index in [-0.39, 0.29) is 5.56 Å². The van der Waals surface area contributed by atoms with E-state index in [9.17, 15) is 18.0 Å². The third-order valence-electron chi connectivity index (χ3n) is 6.89. The topological polar surface area (TPSA) is 53.2 Å². The van der Waals surface area contributed by atoms with Crippen molar-refractivity contribution < 1.29 is 18.0 Å². The van der Waals surface area contributed by atoms with Crippen LogP contribution in [0.1, 0.15) is 58.3 Å². The van der Waals surface area contributed by atoms with Crippen LogP contribution < -0.4 is 16.0 Å². The minimum absolute atomic E-state index is 0.0221. The van der Waals surface area contributed by atoms with Crippen molar-refractivity contribution in [2.24, 2.45) is 0 Å². The molecule has 5 rings (SSSR count). The zero-order chi connectivity index (χ0) is 24.4. The number of benzene rings is 3. The summed E-state index contributed by atoms with van der Waals surface area (Å²) in [5, 5.41) is 10.1. The Kier molecular flexibility index (Phi) is 6.62. The largest absolute Gasteiger partial charge is 0.416 e. The Bertz CT molecular complexity index is 1160. The van der Waals surface area contributed by atoms with Crippen molar-refractivity contribution in [3.8, 4) is 0 Å². The molecule has 4 nitrogen and oxygen atoms in total. The number of carbonyl (C=O) groups is 1. The number of carbonyl (C=O) groups excluding carboxylic acids is 1. The van der Waals surface area contributed by atoms with E-state index < -0.39 is 17.6 Å². The molecule has 0 bridgehead atoms. The monoisotopic (exact) mass is 479 g/mol. The first-order chi connectivity index (χ1) is 16.9. The Hall–Kier alpha value is -3.16. The molecule has 0 aromatic heterocycles. The third-order valence-corrected chi connectivity index (χ3v) is 6.89. The molecule has 1 aliphatic carbocycles. The minimum Gasteiger partial charge on any atom is -0.322 e. The Balaban J connectivity index is 1.14. The number of hydrogen-bond acceptors (Lipinski definition) is 3. The number of alkyl halides is 3. The van der Waals surface area contributed by atoms with Gasteiger partial charge in [-0.05, 0) is 67.3 Å². The van der Waals surface area contributed by atoms with Crippen molar-refractivity contribution in [1.29, 1.82) is 0 Å². The van der Waals surface area contributed by atoms with Gasteiger partial charge in [0.1, 0.15) is 0 Å². The summed E-state index contributed by atoms with van der Waals surface area (Å²) in [7, 11) is 0. The van der Waals surface area contributed by atoms with E-state index in [0.29, 0.717) is 29.7 Å². The first-order valence-electron chi connectivity index (χ1n) is 12.0. The van der Waals surface area contributed by atoms with Gasteiger partial charge < -0.3 is 16.0 Å². The number of piperidine rings is 1. The molecule has 4 atom stereocenters. The maximum atomic E-state index is 12.9. The van der Waals surface area contributed by atoms with Gasteiger partial charge in [-0.3, -0.25) is 4.79 Å². The van der Waals surface area contributed by atoms with Gasteiger partial charge in [-0.2, -0.15) is 13.2 Å². The summed E-state index contributed by atoms with van der Waals surface area (Å²) in [6.07, 6.45) is -1.24. The highest BCUT2D eigenvalue weighted by molar-refractivity contribution is 6.04. The maximum absolute atomic E-state index is 12.9. The zero-order valence-electron chi connectivity index (χ0n) is 19.2. The van der Waals surface area contributed by atoms with Crippen molar-refractivity contribution in [1.82, 2.24) is 10.6 Å². The lowest BCUT2D eigenvalue weighted by Crippen LogP contribution is -2.43. The second-order valence-corrected chi connectivity index (χ2v) is 9.41. The zero-order valence-corrected chi connectivity index (χ0v) is 19.2. The van der Waals surface area contributed by atoms with Crippen molar-refractivity contribution >= 4 is 11.6 Å². The van der Waals surface area contributed by atoms with Crippen LogP contribution in [-0.4, -0.2) is 24.5 Å². The Morgan fingerprint density at radius 1 is 0.886 bits per heavy atom. The molecule has 1 aliphatic heterocycles. The lowest BCUT2D eigenvalue weighted by molar-refractivity contribution is -0.137. The van der Waals surface area contributed by atoms with Crippen LogP contribution in [-0.2, 0) is 6.18 Å². The molecule has 3 aromatic carbocycles. The summed E-state index contributed by atoms with van der Waals surface area (Å²) >= 11 is 0. The molecule has 2 aliphatic rings. The van der Waals surface area contributed by atoms with Gasteiger partial charge in [0.05, 0.1) is 5.56 Å². The van der Waals surface area contributed by atoms with Gasteiger partial charge in [-0.25, -0.2) is 0 Å². The van der Waals surface area contributed by atoms with Crippen LogP contribution in [0.25, 0.3) is 0 Å². The molecular weight excluding hydrogens is 451 g/mol. The van der Waals surface area contributed by atoms with Crippen LogP contribution >= 0.6 is 0 Å². The van der Waals surface area contributed by atoms with E-state index in [1.807, 2.05) is 30.3 Å². The molecule has 3 aromatic rings. The predicted molar refractivity (Wildman–Crippen MR) is 130 cm³/mol. The molecule has 0 spiro atoms. The average Bonchev–Trinajstić information content (AvgIpc) is 3.63. The summed E-state index contributed by atoms with van der Waals surface area (Å²) in [6.45, 7) is 0.995. The molecule has 182 valence electrons. The van der Waals surface area contributed by atoms with Gasteiger partial charge >= 0.3 is 6.18 Å². The van der Waals surface area contributed by atoms with E-state index in [0.717, 1.165) is 37.9 Å². The first kappa shape index (κ1) is 23.6. The molecule has 1 saturated heterocycles. The molecular formula is C28H28F3N3O. The highest BCUT2D eigenvalue weighted by Crippen LogP contribution is 2.42. The molecule has 3 N–H and O–H groups in total. The average molecular weight is 480 g/mol. The maximum Gasteiger partial charge on any atom is 0.416 e. The van der Waals surface area contributed by atoms with E-state index in [4.69, 9.17) is 0 Å². The second kappa shape index (κ2) is 9.84. The smallest absolute Gasteiger partial charge is 0.322 e. The normalized spacial score (nSPS) is 24.1. The molecule has 4 unspecified atom stereocenters. The van der Waals surface area contributed by atoms with Gasteiger partial charge in [0.2, 0.25) is 0 Å². The van der Waals surface area contributed by atoms with Crippen LogP contribution in [0.15, 0.2) is 78.9 Å². The van der Waals surface area contributed by atoms with Crippen LogP contribution in [0.3, 0.4) is 0 Å². The van der Waals surface area contributed by atoms with Gasteiger partial charge in [-0.15, -0.1) is 0 Å². The summed E-state index contributed by atoms with van der Waals surface area (Å²) in [5.74, 6) is -0.123. The fourth-order valence-electron chi connectivity index (χ4n) is 4.91. The van der Waals surface area contributed by atoms with Crippen LogP contribution in [0.5, 0.6) is 0 Å². The van der Waals surface area contributed by atoms with E-state index in [1.165, 1.54) is 23.3 Å². The fraction of sp³-hybridized carbons (Fsp3) is 0.321. The van der Waals surface area contributed by atoms with E-state index in [1.54, 1.807) is 0 Å². The van der Waals surface area contributed by atoms with Crippen LogP contribution in [0.4, 0.5) is 18.9 Å². The SMILES string of the molecule is O=C(Nc1ccc(C2CC2NC2CCNC(c3ccccc3)C2)cc1)c1cccc(C(F)(F)F)c1. The Morgan fingerprint density at radius 3 is 2.40 bits per heavy atom. The summed E-state index contributed by atoms with van der Waals surface area (Å²) < 4.78 is 38.8. The molecule has 1 heterocycles. The summed E-state index contributed by atoms with van der Waals surface area (Å²) in [5.41, 5.74) is 2.23. The number of amides is 1. The second-order valence-electron chi connectivity index (χ2n) is 9.41. The molecule has 1 saturated carbocycles. The van der Waals surface area contributed by atoms with Crippen molar-refractivity contribution in [3.05, 3.63) is 101 Å². The predicted octanol–water partition coefficient (Wildman–Crippen LogP) is 5.90. The highest BCUT2D eigenvalue weighted by atomic mass is 19.4. The number of anilines is 1. The van der Waals surface area contributed by atoms with Gasteiger partial charge in [0.15, 0.2) is 0 Å². The number of rotatable bonds is 6. The van der Waals surface area contributed by atoms with Crippen molar-refractivity contribution in [2.75, 3.05) is 11.9 Å². The highest BCUT2D eigenvalue weighted by Gasteiger charge is 2.40. The summed E-state index contributed by atoms with van der Waals surface area (Å²) in [6, 6.07) is 23.9. The number of halogens is 3. The van der Waals surface area contributed by atoms with Crippen LogP contribution in [0, 0.1) is 0 Å². The number of nitrogens with one attached hydrogen (secondary N) is 3. The van der Waals surface area contributed by atoms with Gasteiger partial charge in [-0.1, -0.05) is 48.5 Å². The van der Waals surface area contributed by atoms with E-state index >= 15 is 0 Å². The molecule has 7 heteroatoms. The fourth-order valence-corrected chi connectivity index (χ4v) is 4.91. The molecule has 0 radical (unpaired) electrons. The molecule has 35 heavy (non-hydrogen) atoms. The van der Waals surface area contributed by atoms with Crippen LogP contribution in [0.2, 0.25) is 0 Å². The summed E-state index contributed by atoms with van der Waals surface area (Å²) in [4.78, 5) is 12.4. The van der Waals surface area contributed by atoms with Gasteiger partial charge in [0.25, 0.3) is 5.91 Å². The third kappa shape index (κ3) is 5.74. The lowest BCUT2D eigenvalue weighted by Gasteiger charge is -2.31. The Morgan fingerprint density at radius 2 is 1.66 bits per heavy atom. The van der Waals surface area contributed by atoms with Crippen molar-refractivity contribution in [2.45, 2.75) is 49.5 Å². The number of hydrogen-bond donors (Lipinski definition) is 3. The van der Waals surface area contributed by atoms with Crippen molar-refractivity contribution in [3.63, 3.8) is 0 Å². The first-order valence-corrected chi connectivity index (χ1v) is 12.0. The van der Waals surface area contributed by atoms with Gasteiger partial charge in [0, 0.05) is 35.3 Å². The standard InChI is InChI=1S/C28H28F3N3O/c29-28(30,31)21-8-4-7-20(15-21)27(35)34-22-11-9-18(10-12-22)24-17-26(24)33-23-13-14-32-25(16-23)19-5-2-1-3-6-19/h1-12,15,23-26,32-33H,13-14,16-17H2,(H,34,35). The lowest BCUT2D eigenvalue weighted by atomic mass is 9.93. The molecule has 1 amide bonds.